The predicted molar refractivity (Wildman–Crippen MR) is 107 cm³/mol. The van der Waals surface area contributed by atoms with Crippen molar-refractivity contribution in [1.29, 1.82) is 0 Å². The Morgan fingerprint density at radius 1 is 1.18 bits per heavy atom. The van der Waals surface area contributed by atoms with Crippen molar-refractivity contribution in [2.75, 3.05) is 13.1 Å². The van der Waals surface area contributed by atoms with Crippen LogP contribution < -0.4 is 0 Å². The monoisotopic (exact) mass is 380 g/mol. The molecule has 1 unspecified atom stereocenters. The molecule has 2 aromatic rings. The van der Waals surface area contributed by atoms with Crippen molar-refractivity contribution >= 4 is 11.8 Å². The third-order valence-electron chi connectivity index (χ3n) is 6.26. The molecule has 3 heterocycles. The van der Waals surface area contributed by atoms with Crippen molar-refractivity contribution in [2.45, 2.75) is 52.2 Å². The number of carbonyl (C=O) groups is 2. The molecule has 0 N–H and O–H groups in total. The molecule has 0 bridgehead atoms. The van der Waals surface area contributed by atoms with E-state index in [2.05, 4.69) is 31.1 Å². The van der Waals surface area contributed by atoms with E-state index in [4.69, 9.17) is 0 Å². The Morgan fingerprint density at radius 2 is 1.86 bits per heavy atom. The zero-order valence-electron chi connectivity index (χ0n) is 16.8. The number of aromatic nitrogens is 2. The molecular formula is C22H28N4O2. The van der Waals surface area contributed by atoms with Crippen LogP contribution >= 0.6 is 0 Å². The highest BCUT2D eigenvalue weighted by Crippen LogP contribution is 2.56. The van der Waals surface area contributed by atoms with Gasteiger partial charge in [-0.3, -0.25) is 14.3 Å². The quantitative estimate of drug-likeness (QED) is 0.766. The van der Waals surface area contributed by atoms with E-state index in [1.54, 1.807) is 10.7 Å². The Balaban J connectivity index is 1.53. The molecule has 2 aliphatic rings. The number of amides is 2. The molecule has 1 spiro atoms. The number of likely N-dealkylation sites (tertiary alicyclic amines) is 2. The minimum absolute atomic E-state index is 0.0363. The summed E-state index contributed by atoms with van der Waals surface area (Å²) in [5.41, 5.74) is 1.30. The average molecular weight is 380 g/mol. The summed E-state index contributed by atoms with van der Waals surface area (Å²) in [6.07, 6.45) is 3.24. The minimum atomic E-state index is -0.384. The Morgan fingerprint density at radius 3 is 2.43 bits per heavy atom. The van der Waals surface area contributed by atoms with Gasteiger partial charge in [0.2, 0.25) is 5.91 Å². The maximum atomic E-state index is 13.2. The summed E-state index contributed by atoms with van der Waals surface area (Å²) in [4.78, 5) is 29.8. The van der Waals surface area contributed by atoms with Crippen molar-refractivity contribution in [3.8, 4) is 0 Å². The Kier molecular flexibility index (Phi) is 4.73. The lowest BCUT2D eigenvalue weighted by Gasteiger charge is -2.60. The van der Waals surface area contributed by atoms with E-state index in [9.17, 15) is 9.59 Å². The van der Waals surface area contributed by atoms with Gasteiger partial charge < -0.3 is 9.80 Å². The molecule has 2 amide bonds. The number of β-lactam (4-membered cyclic amide) rings is 1. The van der Waals surface area contributed by atoms with Gasteiger partial charge in [-0.15, -0.1) is 0 Å². The molecular weight excluding hydrogens is 352 g/mol. The molecule has 28 heavy (non-hydrogen) atoms. The van der Waals surface area contributed by atoms with Crippen molar-refractivity contribution in [1.82, 2.24) is 19.6 Å². The molecule has 0 aliphatic carbocycles. The standard InChI is InChI=1S/C22H28N4O2/c1-4-25-13-10-18(23-25)20(27)24-14-11-22(12-15-24)19(17-8-6-5-7-9-17)26(16(2)3)21(22)28/h5-10,13,16,19H,4,11-12,14-15H2,1-3H3. The van der Waals surface area contributed by atoms with Crippen LogP contribution in [0, 0.1) is 5.41 Å². The number of benzene rings is 1. The predicted octanol–water partition coefficient (Wildman–Crippen LogP) is 3.12. The zero-order chi connectivity index (χ0) is 19.9. The van der Waals surface area contributed by atoms with E-state index in [0.29, 0.717) is 31.6 Å². The second-order valence-corrected chi connectivity index (χ2v) is 8.12. The molecule has 4 rings (SSSR count). The van der Waals surface area contributed by atoms with Gasteiger partial charge in [0.25, 0.3) is 5.91 Å². The van der Waals surface area contributed by atoms with Gasteiger partial charge in [0.1, 0.15) is 5.69 Å². The fourth-order valence-corrected chi connectivity index (χ4v) is 4.75. The van der Waals surface area contributed by atoms with E-state index in [0.717, 1.165) is 6.54 Å². The van der Waals surface area contributed by atoms with Crippen LogP contribution in [0.1, 0.15) is 55.7 Å². The van der Waals surface area contributed by atoms with E-state index >= 15 is 0 Å². The summed E-state index contributed by atoms with van der Waals surface area (Å²) >= 11 is 0. The Labute approximate surface area is 166 Å². The summed E-state index contributed by atoms with van der Waals surface area (Å²) in [5, 5.41) is 4.34. The van der Waals surface area contributed by atoms with Gasteiger partial charge in [0, 0.05) is 31.9 Å². The second kappa shape index (κ2) is 7.08. The third-order valence-corrected chi connectivity index (χ3v) is 6.26. The molecule has 0 saturated carbocycles. The first-order valence-corrected chi connectivity index (χ1v) is 10.2. The number of aryl methyl sites for hydroxylation is 1. The van der Waals surface area contributed by atoms with Crippen LogP contribution in [0.15, 0.2) is 42.6 Å². The molecule has 6 nitrogen and oxygen atoms in total. The SMILES string of the molecule is CCn1ccc(C(=O)N2CCC3(CC2)C(=O)N(C(C)C)C3c2ccccc2)n1. The highest BCUT2D eigenvalue weighted by atomic mass is 16.2. The maximum Gasteiger partial charge on any atom is 0.274 e. The fraction of sp³-hybridized carbons (Fsp3) is 0.500. The lowest BCUT2D eigenvalue weighted by Crippen LogP contribution is -2.68. The molecule has 148 valence electrons. The first-order chi connectivity index (χ1) is 13.5. The van der Waals surface area contributed by atoms with Crippen molar-refractivity contribution in [2.24, 2.45) is 5.41 Å². The van der Waals surface area contributed by atoms with Crippen LogP contribution in [0.25, 0.3) is 0 Å². The number of nitrogens with zero attached hydrogens (tertiary/aromatic N) is 4. The van der Waals surface area contributed by atoms with Crippen LogP contribution in [-0.4, -0.2) is 50.5 Å². The summed E-state index contributed by atoms with van der Waals surface area (Å²) in [6, 6.07) is 12.3. The Bertz CT molecular complexity index is 866. The van der Waals surface area contributed by atoms with Crippen LogP contribution in [0.5, 0.6) is 0 Å². The highest BCUT2D eigenvalue weighted by molar-refractivity contribution is 5.94. The molecule has 0 radical (unpaired) electrons. The average Bonchev–Trinajstić information content (AvgIpc) is 3.20. The van der Waals surface area contributed by atoms with Gasteiger partial charge in [0.15, 0.2) is 0 Å². The summed E-state index contributed by atoms with van der Waals surface area (Å²) < 4.78 is 1.76. The molecule has 1 aromatic heterocycles. The molecule has 2 saturated heterocycles. The zero-order valence-corrected chi connectivity index (χ0v) is 16.8. The van der Waals surface area contributed by atoms with E-state index < -0.39 is 0 Å². The number of carbonyl (C=O) groups excluding carboxylic acids is 2. The largest absolute Gasteiger partial charge is 0.337 e. The number of piperidine rings is 1. The van der Waals surface area contributed by atoms with Crippen LogP contribution in [0.3, 0.4) is 0 Å². The van der Waals surface area contributed by atoms with Crippen molar-refractivity contribution in [3.05, 3.63) is 53.9 Å². The van der Waals surface area contributed by atoms with Gasteiger partial charge in [-0.05, 0) is 45.2 Å². The van der Waals surface area contributed by atoms with E-state index in [1.807, 2.05) is 41.1 Å². The maximum absolute atomic E-state index is 13.2. The lowest BCUT2D eigenvalue weighted by molar-refractivity contribution is -0.184. The second-order valence-electron chi connectivity index (χ2n) is 8.12. The van der Waals surface area contributed by atoms with Crippen LogP contribution in [0.2, 0.25) is 0 Å². The first kappa shape index (κ1) is 18.7. The topological polar surface area (TPSA) is 58.4 Å². The molecule has 2 aliphatic heterocycles. The highest BCUT2D eigenvalue weighted by Gasteiger charge is 2.62. The molecule has 1 aromatic carbocycles. The number of rotatable bonds is 4. The number of hydrogen-bond acceptors (Lipinski definition) is 3. The molecule has 1 atom stereocenters. The fourth-order valence-electron chi connectivity index (χ4n) is 4.75. The van der Waals surface area contributed by atoms with Gasteiger partial charge in [-0.2, -0.15) is 5.10 Å². The smallest absolute Gasteiger partial charge is 0.274 e. The molecule has 6 heteroatoms. The van der Waals surface area contributed by atoms with Gasteiger partial charge in [-0.25, -0.2) is 0 Å². The van der Waals surface area contributed by atoms with Crippen LogP contribution in [-0.2, 0) is 11.3 Å². The van der Waals surface area contributed by atoms with Crippen molar-refractivity contribution in [3.63, 3.8) is 0 Å². The summed E-state index contributed by atoms with van der Waals surface area (Å²) in [5.74, 6) is 0.199. The third kappa shape index (κ3) is 2.82. The summed E-state index contributed by atoms with van der Waals surface area (Å²) in [7, 11) is 0. The number of hydrogen-bond donors (Lipinski definition) is 0. The minimum Gasteiger partial charge on any atom is -0.337 e. The van der Waals surface area contributed by atoms with E-state index in [1.165, 1.54) is 5.56 Å². The molecule has 2 fully saturated rings. The Hall–Kier alpha value is -2.63. The lowest BCUT2D eigenvalue weighted by atomic mass is 9.61. The van der Waals surface area contributed by atoms with Gasteiger partial charge >= 0.3 is 0 Å². The van der Waals surface area contributed by atoms with Crippen LogP contribution in [0.4, 0.5) is 0 Å². The summed E-state index contributed by atoms with van der Waals surface area (Å²) in [6.45, 7) is 8.08. The first-order valence-electron chi connectivity index (χ1n) is 10.2. The van der Waals surface area contributed by atoms with Gasteiger partial charge in [0.05, 0.1) is 11.5 Å². The van der Waals surface area contributed by atoms with E-state index in [-0.39, 0.29) is 29.3 Å². The normalized spacial score (nSPS) is 21.3. The van der Waals surface area contributed by atoms with Crippen molar-refractivity contribution < 1.29 is 9.59 Å². The van der Waals surface area contributed by atoms with Gasteiger partial charge in [-0.1, -0.05) is 30.3 Å².